The van der Waals surface area contributed by atoms with Crippen LogP contribution in [0.25, 0.3) is 10.4 Å². The van der Waals surface area contributed by atoms with Crippen LogP contribution in [-0.4, -0.2) is 25.7 Å². The quantitative estimate of drug-likeness (QED) is 0.262. The van der Waals surface area contributed by atoms with Gasteiger partial charge in [0.05, 0.1) is 6.61 Å². The van der Waals surface area contributed by atoms with Crippen molar-refractivity contribution in [3.63, 3.8) is 0 Å². The van der Waals surface area contributed by atoms with Crippen LogP contribution in [0.5, 0.6) is 0 Å². The third kappa shape index (κ3) is 5.45. The number of hydrogen-bond acceptors (Lipinski definition) is 4. The maximum Gasteiger partial charge on any atom is 0.327 e. The SMILES string of the molecule is CCOC(=O)C(NCCCN=[N+]=[N-])c1ccc(C)cc1C. The van der Waals surface area contributed by atoms with Gasteiger partial charge in [0.15, 0.2) is 0 Å². The predicted molar refractivity (Wildman–Crippen MR) is 81.9 cm³/mol. The van der Waals surface area contributed by atoms with Crippen LogP contribution in [0.2, 0.25) is 0 Å². The van der Waals surface area contributed by atoms with E-state index >= 15 is 0 Å². The van der Waals surface area contributed by atoms with Crippen LogP contribution >= 0.6 is 0 Å². The first-order valence-corrected chi connectivity index (χ1v) is 7.08. The Hall–Kier alpha value is -2.04. The minimum Gasteiger partial charge on any atom is -0.465 e. The van der Waals surface area contributed by atoms with Crippen LogP contribution in [0, 0.1) is 13.8 Å². The molecular weight excluding hydrogens is 268 g/mol. The van der Waals surface area contributed by atoms with E-state index in [1.54, 1.807) is 6.92 Å². The fourth-order valence-electron chi connectivity index (χ4n) is 2.14. The van der Waals surface area contributed by atoms with Crippen molar-refractivity contribution in [1.82, 2.24) is 5.32 Å². The average molecular weight is 290 g/mol. The Morgan fingerprint density at radius 3 is 2.86 bits per heavy atom. The minimum atomic E-state index is -0.489. The van der Waals surface area contributed by atoms with Gasteiger partial charge < -0.3 is 10.1 Å². The van der Waals surface area contributed by atoms with Gasteiger partial charge in [-0.1, -0.05) is 28.9 Å². The smallest absolute Gasteiger partial charge is 0.327 e. The summed E-state index contributed by atoms with van der Waals surface area (Å²) in [6.07, 6.45) is 0.672. The number of rotatable bonds is 8. The van der Waals surface area contributed by atoms with Crippen LogP contribution in [0.15, 0.2) is 23.3 Å². The first-order chi connectivity index (χ1) is 10.1. The number of azide groups is 1. The van der Waals surface area contributed by atoms with Gasteiger partial charge in [0, 0.05) is 11.5 Å². The van der Waals surface area contributed by atoms with Crippen LogP contribution in [0.4, 0.5) is 0 Å². The molecule has 0 saturated heterocycles. The van der Waals surface area contributed by atoms with E-state index in [1.165, 1.54) is 0 Å². The number of ether oxygens (including phenoxy) is 1. The molecule has 6 nitrogen and oxygen atoms in total. The third-order valence-corrected chi connectivity index (χ3v) is 3.11. The molecule has 114 valence electrons. The molecule has 1 atom stereocenters. The zero-order valence-electron chi connectivity index (χ0n) is 12.8. The van der Waals surface area contributed by atoms with E-state index in [9.17, 15) is 4.79 Å². The highest BCUT2D eigenvalue weighted by Gasteiger charge is 2.22. The molecule has 0 spiro atoms. The van der Waals surface area contributed by atoms with E-state index in [4.69, 9.17) is 10.3 Å². The molecule has 0 saturated carbocycles. The molecule has 0 heterocycles. The number of carbonyl (C=O) groups is 1. The standard InChI is InChI=1S/C15H22N4O2/c1-4-21-15(20)14(17-8-5-9-18-19-16)13-7-6-11(2)10-12(13)3/h6-7,10,14,17H,4-5,8-9H2,1-3H3. The number of aryl methyl sites for hydroxylation is 2. The molecule has 0 aliphatic heterocycles. The summed E-state index contributed by atoms with van der Waals surface area (Å²) in [7, 11) is 0. The summed E-state index contributed by atoms with van der Waals surface area (Å²) in [6.45, 7) is 7.13. The van der Waals surface area contributed by atoms with Crippen LogP contribution < -0.4 is 5.32 Å². The first-order valence-electron chi connectivity index (χ1n) is 7.08. The largest absolute Gasteiger partial charge is 0.465 e. The van der Waals surface area contributed by atoms with Gasteiger partial charge in [0.25, 0.3) is 0 Å². The number of benzene rings is 1. The summed E-state index contributed by atoms with van der Waals surface area (Å²) in [5.74, 6) is -0.284. The van der Waals surface area contributed by atoms with Crippen molar-refractivity contribution in [3.05, 3.63) is 45.3 Å². The highest BCUT2D eigenvalue weighted by atomic mass is 16.5. The Morgan fingerprint density at radius 1 is 1.48 bits per heavy atom. The Labute approximate surface area is 125 Å². The highest BCUT2D eigenvalue weighted by molar-refractivity contribution is 5.78. The lowest BCUT2D eigenvalue weighted by Crippen LogP contribution is -2.31. The fourth-order valence-corrected chi connectivity index (χ4v) is 2.14. The van der Waals surface area contributed by atoms with E-state index in [2.05, 4.69) is 15.3 Å². The predicted octanol–water partition coefficient (Wildman–Crippen LogP) is 3.20. The normalized spacial score (nSPS) is 11.6. The van der Waals surface area contributed by atoms with Crippen LogP contribution in [0.1, 0.15) is 36.1 Å². The molecule has 0 aromatic heterocycles. The zero-order chi connectivity index (χ0) is 15.7. The van der Waals surface area contributed by atoms with Crippen LogP contribution in [-0.2, 0) is 9.53 Å². The van der Waals surface area contributed by atoms with E-state index in [1.807, 2.05) is 32.0 Å². The van der Waals surface area contributed by atoms with Gasteiger partial charge in [-0.15, -0.1) is 0 Å². The van der Waals surface area contributed by atoms with Gasteiger partial charge in [0.1, 0.15) is 6.04 Å². The summed E-state index contributed by atoms with van der Waals surface area (Å²) in [5, 5.41) is 6.66. The Morgan fingerprint density at radius 2 is 2.24 bits per heavy atom. The Bertz CT molecular complexity index is 524. The highest BCUT2D eigenvalue weighted by Crippen LogP contribution is 2.20. The second-order valence-corrected chi connectivity index (χ2v) is 4.81. The molecule has 6 heteroatoms. The zero-order valence-corrected chi connectivity index (χ0v) is 12.8. The maximum absolute atomic E-state index is 12.1. The van der Waals surface area contributed by atoms with Gasteiger partial charge in [-0.25, -0.2) is 4.79 Å². The Kier molecular flexibility index (Phi) is 7.29. The minimum absolute atomic E-state index is 0.284. The number of esters is 1. The topological polar surface area (TPSA) is 87.1 Å². The Balaban J connectivity index is 2.81. The summed E-state index contributed by atoms with van der Waals surface area (Å²) in [5.41, 5.74) is 11.4. The van der Waals surface area contributed by atoms with Crippen molar-refractivity contribution in [2.75, 3.05) is 19.7 Å². The van der Waals surface area contributed by atoms with Gasteiger partial charge in [-0.2, -0.15) is 0 Å². The van der Waals surface area contributed by atoms with Crippen molar-refractivity contribution < 1.29 is 9.53 Å². The number of hydrogen-bond donors (Lipinski definition) is 1. The lowest BCUT2D eigenvalue weighted by Gasteiger charge is -2.19. The van der Waals surface area contributed by atoms with Crippen molar-refractivity contribution in [1.29, 1.82) is 0 Å². The van der Waals surface area contributed by atoms with Crippen molar-refractivity contribution in [3.8, 4) is 0 Å². The van der Waals surface area contributed by atoms with Crippen molar-refractivity contribution >= 4 is 5.97 Å². The van der Waals surface area contributed by atoms with E-state index < -0.39 is 6.04 Å². The second kappa shape index (κ2) is 9.00. The lowest BCUT2D eigenvalue weighted by atomic mass is 9.99. The molecule has 0 amide bonds. The number of nitrogens with zero attached hydrogens (tertiary/aromatic N) is 3. The number of carbonyl (C=O) groups excluding carboxylic acids is 1. The van der Waals surface area contributed by atoms with Crippen molar-refractivity contribution in [2.45, 2.75) is 33.2 Å². The number of nitrogens with one attached hydrogen (secondary N) is 1. The molecule has 0 aliphatic carbocycles. The van der Waals surface area contributed by atoms with E-state index in [-0.39, 0.29) is 5.97 Å². The van der Waals surface area contributed by atoms with Gasteiger partial charge in [-0.05, 0) is 50.4 Å². The van der Waals surface area contributed by atoms with E-state index in [0.717, 1.165) is 16.7 Å². The first kappa shape index (κ1) is 17.0. The van der Waals surface area contributed by atoms with Gasteiger partial charge in [-0.3, -0.25) is 0 Å². The molecular formula is C15H22N4O2. The molecule has 21 heavy (non-hydrogen) atoms. The molecule has 0 aliphatic rings. The summed E-state index contributed by atoms with van der Waals surface area (Å²) in [4.78, 5) is 14.8. The molecule has 0 radical (unpaired) electrons. The summed E-state index contributed by atoms with van der Waals surface area (Å²) < 4.78 is 5.14. The molecule has 1 aromatic rings. The van der Waals surface area contributed by atoms with Gasteiger partial charge >= 0.3 is 5.97 Å². The van der Waals surface area contributed by atoms with Gasteiger partial charge in [0.2, 0.25) is 0 Å². The monoisotopic (exact) mass is 290 g/mol. The summed E-state index contributed by atoms with van der Waals surface area (Å²) >= 11 is 0. The maximum atomic E-state index is 12.1. The molecule has 0 fully saturated rings. The molecule has 1 aromatic carbocycles. The second-order valence-electron chi connectivity index (χ2n) is 4.81. The molecule has 1 N–H and O–H groups in total. The van der Waals surface area contributed by atoms with Crippen molar-refractivity contribution in [2.24, 2.45) is 5.11 Å². The van der Waals surface area contributed by atoms with E-state index in [0.29, 0.717) is 26.1 Å². The molecule has 1 unspecified atom stereocenters. The third-order valence-electron chi connectivity index (χ3n) is 3.11. The molecule has 0 bridgehead atoms. The fraction of sp³-hybridized carbons (Fsp3) is 0.533. The summed E-state index contributed by atoms with van der Waals surface area (Å²) in [6, 6.07) is 5.49. The lowest BCUT2D eigenvalue weighted by molar-refractivity contribution is -0.145. The average Bonchev–Trinajstić information content (AvgIpc) is 2.44. The molecule has 1 rings (SSSR count). The van der Waals surface area contributed by atoms with Crippen LogP contribution in [0.3, 0.4) is 0 Å².